The van der Waals surface area contributed by atoms with Gasteiger partial charge in [0.15, 0.2) is 7.85 Å². The third-order valence-electron chi connectivity index (χ3n) is 14.3. The van der Waals surface area contributed by atoms with E-state index >= 15 is 0 Å². The van der Waals surface area contributed by atoms with Crippen LogP contribution in [0.2, 0.25) is 0 Å². The molecule has 2 saturated heterocycles. The number of piperidine rings is 2. The van der Waals surface area contributed by atoms with E-state index in [0.717, 1.165) is 103 Å². The van der Waals surface area contributed by atoms with Crippen LogP contribution in [-0.4, -0.2) is 173 Å². The number of likely N-dealkylation sites (tertiary alicyclic amines) is 2. The normalized spacial score (nSPS) is 17.5. The van der Waals surface area contributed by atoms with Crippen LogP contribution >= 0.6 is 0 Å². The van der Waals surface area contributed by atoms with Crippen molar-refractivity contribution in [3.05, 3.63) is 0 Å². The van der Waals surface area contributed by atoms with Crippen LogP contribution in [0.15, 0.2) is 0 Å². The fourth-order valence-corrected chi connectivity index (χ4v) is 9.87. The van der Waals surface area contributed by atoms with Crippen LogP contribution in [0.5, 0.6) is 0 Å². The van der Waals surface area contributed by atoms with E-state index in [4.69, 9.17) is 14.6 Å². The van der Waals surface area contributed by atoms with Crippen molar-refractivity contribution < 1.29 is 80.3 Å². The molecule has 0 bridgehead atoms. The molecule has 2 heterocycles. The summed E-state index contributed by atoms with van der Waals surface area (Å²) in [5.41, 5.74) is -1.49. The average Bonchev–Trinajstić information content (AvgIpc) is 3.25. The van der Waals surface area contributed by atoms with Crippen molar-refractivity contribution in [2.24, 2.45) is 17.3 Å². The maximum atomic E-state index is 13.9. The van der Waals surface area contributed by atoms with Gasteiger partial charge in [0.25, 0.3) is 17.9 Å². The van der Waals surface area contributed by atoms with Gasteiger partial charge < -0.3 is 75.7 Å². The molecule has 2 unspecified atom stereocenters. The lowest BCUT2D eigenvalue weighted by molar-refractivity contribution is -0.316. The van der Waals surface area contributed by atoms with E-state index in [1.165, 1.54) is 7.85 Å². The van der Waals surface area contributed by atoms with E-state index in [2.05, 4.69) is 9.80 Å². The van der Waals surface area contributed by atoms with Gasteiger partial charge in [0.2, 0.25) is 0 Å². The van der Waals surface area contributed by atoms with E-state index in [-0.39, 0.29) is 74.8 Å². The number of carbonyl (C=O) groups excluding carboxylic acids is 2. The van der Waals surface area contributed by atoms with Crippen LogP contribution in [0.25, 0.3) is 0 Å². The Hall–Kier alpha value is -1.56. The van der Waals surface area contributed by atoms with Crippen LogP contribution in [0.4, 0.5) is 0 Å². The zero-order valence-electron chi connectivity index (χ0n) is 41.7. The molecule has 18 nitrogen and oxygen atoms in total. The quantitative estimate of drug-likeness (QED) is 0.0182. The van der Waals surface area contributed by atoms with Crippen LogP contribution in [0.1, 0.15) is 199 Å². The molecule has 2 rings (SSSR count). The predicted octanol–water partition coefficient (Wildman–Crippen LogP) is 2.54. The zero-order valence-corrected chi connectivity index (χ0v) is 41.7. The van der Waals surface area contributed by atoms with Crippen LogP contribution < -0.4 is 0 Å². The van der Waals surface area contributed by atoms with E-state index in [9.17, 15) is 65.8 Å². The SMILES string of the molecule is BC(O)(O)CCCCCCC(CCCCCCC(O)(O)O)C(=O)OCC(COC(=O)C(CCCCCCC(O)(O)O)CCCCCCC(O)(O)O)N1CCC2(CCN(CCCCCO)CC2)CC1. The standard InChI is InChI=1S/C49H95BN2O16/c50-46(56,57)24-14-5-1-10-20-40(21-11-2-6-15-25-47(58,59)60)43(54)67-38-42(52-35-30-45(31-36-52)28-33-51(34-29-45)32-18-9-19-37-53)39-68-44(55)41(22-12-3-7-16-26-48(61,62)63)23-13-4-8-17-27-49(64,65)66/h40-42,53,56-66H,1-39,50H2. The molecule has 2 atom stereocenters. The van der Waals surface area contributed by atoms with Crippen molar-refractivity contribution in [3.8, 4) is 0 Å². The lowest BCUT2D eigenvalue weighted by Crippen LogP contribution is -2.52. The smallest absolute Gasteiger partial charge is 0.308 e. The minimum atomic E-state index is -2.71. The van der Waals surface area contributed by atoms with Crippen molar-refractivity contribution in [2.75, 3.05) is 52.5 Å². The molecule has 400 valence electrons. The molecule has 19 heteroatoms. The molecule has 0 amide bonds. The second-order valence-electron chi connectivity index (χ2n) is 20.8. The second-order valence-corrected chi connectivity index (χ2v) is 20.8. The van der Waals surface area contributed by atoms with Gasteiger partial charge in [-0.25, -0.2) is 0 Å². The third-order valence-corrected chi connectivity index (χ3v) is 14.3. The summed E-state index contributed by atoms with van der Waals surface area (Å²) in [6.07, 6.45) is 19.5. The van der Waals surface area contributed by atoms with Crippen molar-refractivity contribution in [3.63, 3.8) is 0 Å². The Morgan fingerprint density at radius 3 is 1.16 bits per heavy atom. The molecule has 0 aromatic heterocycles. The van der Waals surface area contributed by atoms with Crippen molar-refractivity contribution >= 4 is 19.8 Å². The van der Waals surface area contributed by atoms with Crippen molar-refractivity contribution in [2.45, 2.75) is 229 Å². The minimum Gasteiger partial charge on any atom is -0.464 e. The molecule has 2 aliphatic heterocycles. The minimum absolute atomic E-state index is 0.0375. The highest BCUT2D eigenvalue weighted by Gasteiger charge is 2.39. The van der Waals surface area contributed by atoms with E-state index in [1.54, 1.807) is 0 Å². The molecule has 12 N–H and O–H groups in total. The third kappa shape index (κ3) is 31.7. The van der Waals surface area contributed by atoms with Crippen LogP contribution in [0, 0.1) is 17.3 Å². The van der Waals surface area contributed by atoms with Gasteiger partial charge in [0.1, 0.15) is 18.9 Å². The Balaban J connectivity index is 2.16. The summed E-state index contributed by atoms with van der Waals surface area (Å²) in [5, 5.41) is 112. The molecule has 0 radical (unpaired) electrons. The second kappa shape index (κ2) is 33.2. The monoisotopic (exact) mass is 979 g/mol. The molecule has 0 aromatic carbocycles. The number of carbonyl (C=O) groups is 2. The Bertz CT molecular complexity index is 1180. The Kier molecular flexibility index (Phi) is 30.6. The van der Waals surface area contributed by atoms with E-state index in [1.807, 2.05) is 0 Å². The highest BCUT2D eigenvalue weighted by atomic mass is 16.7. The summed E-state index contributed by atoms with van der Waals surface area (Å²) in [6.45, 7) is 4.99. The summed E-state index contributed by atoms with van der Waals surface area (Å²) in [7, 11) is 1.36. The Morgan fingerprint density at radius 1 is 0.471 bits per heavy atom. The lowest BCUT2D eigenvalue weighted by Gasteiger charge is -2.48. The number of rotatable bonds is 40. The maximum Gasteiger partial charge on any atom is 0.308 e. The number of nitrogens with zero attached hydrogens (tertiary/aromatic N) is 2. The Morgan fingerprint density at radius 2 is 0.809 bits per heavy atom. The van der Waals surface area contributed by atoms with E-state index < -0.39 is 29.5 Å². The van der Waals surface area contributed by atoms with E-state index in [0.29, 0.717) is 103 Å². The molecular formula is C49H95BN2O16. The van der Waals surface area contributed by atoms with Crippen LogP contribution in [-0.2, 0) is 19.1 Å². The van der Waals surface area contributed by atoms with Gasteiger partial charge in [-0.1, -0.05) is 77.0 Å². The van der Waals surface area contributed by atoms with Gasteiger partial charge in [-0.05, 0) is 141 Å². The van der Waals surface area contributed by atoms with Gasteiger partial charge in [-0.2, -0.15) is 0 Å². The fourth-order valence-electron chi connectivity index (χ4n) is 9.87. The summed E-state index contributed by atoms with van der Waals surface area (Å²) >= 11 is 0. The molecule has 0 saturated carbocycles. The predicted molar refractivity (Wildman–Crippen MR) is 257 cm³/mol. The summed E-state index contributed by atoms with van der Waals surface area (Å²) in [6, 6.07) is -0.374. The van der Waals surface area contributed by atoms with Gasteiger partial charge in [-0.15, -0.1) is 0 Å². The first-order valence-electron chi connectivity index (χ1n) is 26.4. The number of hydrogen-bond donors (Lipinski definition) is 12. The highest BCUT2D eigenvalue weighted by Crippen LogP contribution is 2.42. The largest absolute Gasteiger partial charge is 0.464 e. The molecular weight excluding hydrogens is 883 g/mol. The van der Waals surface area contributed by atoms with Crippen LogP contribution in [0.3, 0.4) is 0 Å². The first-order chi connectivity index (χ1) is 32.0. The zero-order chi connectivity index (χ0) is 50.5. The molecule has 0 aliphatic carbocycles. The Labute approximate surface area is 407 Å². The van der Waals surface area contributed by atoms with Gasteiger partial charge in [0, 0.05) is 25.9 Å². The topological polar surface area (TPSA) is 302 Å². The highest BCUT2D eigenvalue weighted by molar-refractivity contribution is 6.12. The summed E-state index contributed by atoms with van der Waals surface area (Å²) in [5.74, 6) is -9.60. The first kappa shape index (κ1) is 62.6. The average molecular weight is 979 g/mol. The fraction of sp³-hybridized carbons (Fsp3) is 0.959. The summed E-state index contributed by atoms with van der Waals surface area (Å²) in [4.78, 5) is 32.7. The van der Waals surface area contributed by atoms with Gasteiger partial charge in [0.05, 0.1) is 17.9 Å². The number of hydrogen-bond acceptors (Lipinski definition) is 18. The lowest BCUT2D eigenvalue weighted by atomic mass is 9.71. The number of unbranched alkanes of at least 4 members (excludes halogenated alkanes) is 14. The van der Waals surface area contributed by atoms with Crippen molar-refractivity contribution in [1.29, 1.82) is 0 Å². The number of aliphatic hydroxyl groups excluding tert-OH is 1. The van der Waals surface area contributed by atoms with Gasteiger partial charge >= 0.3 is 11.9 Å². The molecule has 0 aromatic rings. The first-order valence-corrected chi connectivity index (χ1v) is 26.4. The molecule has 68 heavy (non-hydrogen) atoms. The number of esters is 2. The van der Waals surface area contributed by atoms with Crippen molar-refractivity contribution in [1.82, 2.24) is 9.80 Å². The number of aliphatic hydroxyl groups is 12. The maximum absolute atomic E-state index is 13.9. The molecule has 1 spiro atoms. The summed E-state index contributed by atoms with van der Waals surface area (Å²) < 4.78 is 12.3. The number of ether oxygens (including phenoxy) is 2. The van der Waals surface area contributed by atoms with Gasteiger partial charge in [-0.3, -0.25) is 14.5 Å². The molecule has 2 aliphatic rings. The molecule has 2 fully saturated rings.